The molecule has 3 aromatic rings. The van der Waals surface area contributed by atoms with Crippen molar-refractivity contribution in [3.05, 3.63) is 105 Å². The Balaban J connectivity index is 1.41. The predicted molar refractivity (Wildman–Crippen MR) is 136 cm³/mol. The van der Waals surface area contributed by atoms with E-state index in [-0.39, 0.29) is 29.6 Å². The molecule has 6 nitrogen and oxygen atoms in total. The van der Waals surface area contributed by atoms with Gasteiger partial charge in [0, 0.05) is 6.54 Å². The van der Waals surface area contributed by atoms with E-state index in [0.717, 1.165) is 47.7 Å². The first-order valence-corrected chi connectivity index (χ1v) is 12.5. The van der Waals surface area contributed by atoms with Gasteiger partial charge < -0.3 is 15.0 Å². The van der Waals surface area contributed by atoms with E-state index in [4.69, 9.17) is 4.98 Å². The van der Waals surface area contributed by atoms with Crippen LogP contribution in [0.3, 0.4) is 0 Å². The molecule has 1 aliphatic heterocycles. The van der Waals surface area contributed by atoms with Gasteiger partial charge in [-0.3, -0.25) is 9.59 Å². The summed E-state index contributed by atoms with van der Waals surface area (Å²) in [6.07, 6.45) is -3.70. The Morgan fingerprint density at radius 1 is 1.18 bits per heavy atom. The number of hydrogen-bond acceptors (Lipinski definition) is 4. The van der Waals surface area contributed by atoms with Crippen LogP contribution in [0.1, 0.15) is 71.6 Å². The van der Waals surface area contributed by atoms with Gasteiger partial charge in [-0.15, -0.1) is 0 Å². The van der Waals surface area contributed by atoms with Gasteiger partial charge in [-0.05, 0) is 61.4 Å². The standard InChI is InChI=1S/C29H28F3N3O3/c1-17(2)18-6-3-8-20(14-18)28(11-12-28)27-33-23-10-5-13-35(16-22(23)25(37)34-27)26(38)24(36)19-7-4-9-21(15-19)29(30,31)32/h3-4,6-9,14-15,24,36H,1,5,10-13,16H2,2H3,(H,33,34,37)/t24-/m1/s1. The predicted octanol–water partition coefficient (Wildman–Crippen LogP) is 4.91. The summed E-state index contributed by atoms with van der Waals surface area (Å²) >= 11 is 0. The number of carbonyl (C=O) groups excluding carboxylic acids is 1. The van der Waals surface area contributed by atoms with E-state index in [2.05, 4.69) is 17.6 Å². The molecule has 198 valence electrons. The molecule has 1 aliphatic carbocycles. The second-order valence-electron chi connectivity index (χ2n) is 10.2. The maximum atomic E-state index is 13.2. The summed E-state index contributed by atoms with van der Waals surface area (Å²) in [6, 6.07) is 12.2. The molecule has 1 saturated carbocycles. The molecule has 0 bridgehead atoms. The number of allylic oxidation sites excluding steroid dienone is 1. The number of rotatable bonds is 5. The molecule has 2 aliphatic rings. The number of halogens is 3. The lowest BCUT2D eigenvalue weighted by molar-refractivity contribution is -0.142. The number of hydrogen-bond donors (Lipinski definition) is 2. The molecule has 1 amide bonds. The van der Waals surface area contributed by atoms with Gasteiger partial charge in [0.05, 0.1) is 28.8 Å². The lowest BCUT2D eigenvalue weighted by atomic mass is 9.92. The van der Waals surface area contributed by atoms with Gasteiger partial charge in [-0.25, -0.2) is 4.98 Å². The first-order valence-electron chi connectivity index (χ1n) is 12.5. The number of aromatic nitrogens is 2. The van der Waals surface area contributed by atoms with E-state index >= 15 is 0 Å². The summed E-state index contributed by atoms with van der Waals surface area (Å²) in [4.78, 5) is 35.5. The molecule has 38 heavy (non-hydrogen) atoms. The molecule has 0 saturated heterocycles. The zero-order valence-electron chi connectivity index (χ0n) is 20.9. The van der Waals surface area contributed by atoms with Crippen LogP contribution in [0.15, 0.2) is 59.9 Å². The van der Waals surface area contributed by atoms with Crippen LogP contribution in [0, 0.1) is 0 Å². The zero-order valence-corrected chi connectivity index (χ0v) is 20.9. The van der Waals surface area contributed by atoms with Gasteiger partial charge >= 0.3 is 6.18 Å². The SMILES string of the molecule is C=C(C)c1cccc(C2(c3nc4c(c(=O)[nH]3)CN(C(=O)[C@H](O)c3cccc(C(F)(F)F)c3)CCC4)CC2)c1. The van der Waals surface area contributed by atoms with Crippen molar-refractivity contribution in [2.75, 3.05) is 6.54 Å². The molecule has 0 spiro atoms. The third kappa shape index (κ3) is 4.78. The Labute approximate surface area is 217 Å². The number of amides is 1. The van der Waals surface area contributed by atoms with Crippen LogP contribution in [-0.2, 0) is 29.4 Å². The molecular formula is C29H28F3N3O3. The number of nitrogens with zero attached hydrogens (tertiary/aromatic N) is 2. The van der Waals surface area contributed by atoms with E-state index in [1.807, 2.05) is 25.1 Å². The number of H-pyrrole nitrogens is 1. The largest absolute Gasteiger partial charge is 0.416 e. The second-order valence-corrected chi connectivity index (χ2v) is 10.2. The molecule has 9 heteroatoms. The number of carbonyl (C=O) groups is 1. The number of nitrogens with one attached hydrogen (secondary N) is 1. The number of fused-ring (bicyclic) bond motifs is 1. The van der Waals surface area contributed by atoms with E-state index in [9.17, 15) is 27.9 Å². The number of aromatic amines is 1. The van der Waals surface area contributed by atoms with Gasteiger partial charge in [-0.1, -0.05) is 48.6 Å². The van der Waals surface area contributed by atoms with E-state index in [0.29, 0.717) is 29.9 Å². The van der Waals surface area contributed by atoms with Crippen molar-refractivity contribution < 1.29 is 23.1 Å². The third-order valence-electron chi connectivity index (χ3n) is 7.48. The summed E-state index contributed by atoms with van der Waals surface area (Å²) in [5.41, 5.74) is 2.17. The summed E-state index contributed by atoms with van der Waals surface area (Å²) in [6.45, 7) is 6.12. The second kappa shape index (κ2) is 9.54. The Bertz CT molecular complexity index is 1470. The Kier molecular flexibility index (Phi) is 6.51. The Morgan fingerprint density at radius 2 is 1.92 bits per heavy atom. The first-order chi connectivity index (χ1) is 18.0. The highest BCUT2D eigenvalue weighted by atomic mass is 19.4. The molecule has 1 aromatic heterocycles. The number of aliphatic hydroxyl groups excluding tert-OH is 1. The lowest BCUT2D eigenvalue weighted by Gasteiger charge is -2.24. The fourth-order valence-electron chi connectivity index (χ4n) is 5.11. The molecule has 1 fully saturated rings. The normalized spacial score (nSPS) is 17.3. The summed E-state index contributed by atoms with van der Waals surface area (Å²) in [5.74, 6) is -0.153. The molecular weight excluding hydrogens is 495 g/mol. The average Bonchev–Trinajstić information content (AvgIpc) is 3.72. The van der Waals surface area contributed by atoms with Crippen molar-refractivity contribution in [1.29, 1.82) is 0 Å². The highest BCUT2D eigenvalue weighted by Gasteiger charge is 2.49. The smallest absolute Gasteiger partial charge is 0.378 e. The van der Waals surface area contributed by atoms with Crippen molar-refractivity contribution >= 4 is 11.5 Å². The van der Waals surface area contributed by atoms with Crippen molar-refractivity contribution in [2.45, 2.75) is 56.8 Å². The molecule has 2 N–H and O–H groups in total. The topological polar surface area (TPSA) is 86.3 Å². The van der Waals surface area contributed by atoms with Crippen LogP contribution >= 0.6 is 0 Å². The van der Waals surface area contributed by atoms with Crippen LogP contribution in [0.4, 0.5) is 13.2 Å². The maximum absolute atomic E-state index is 13.2. The van der Waals surface area contributed by atoms with Gasteiger partial charge in [0.2, 0.25) is 0 Å². The van der Waals surface area contributed by atoms with E-state index in [1.54, 1.807) is 0 Å². The summed E-state index contributed by atoms with van der Waals surface area (Å²) in [7, 11) is 0. The average molecular weight is 524 g/mol. The zero-order chi connectivity index (χ0) is 27.2. The van der Waals surface area contributed by atoms with Crippen molar-refractivity contribution in [3.8, 4) is 0 Å². The van der Waals surface area contributed by atoms with Crippen LogP contribution in [0.25, 0.3) is 5.57 Å². The van der Waals surface area contributed by atoms with E-state index < -0.39 is 23.8 Å². The van der Waals surface area contributed by atoms with Crippen molar-refractivity contribution in [3.63, 3.8) is 0 Å². The van der Waals surface area contributed by atoms with Gasteiger partial charge in [-0.2, -0.15) is 13.2 Å². The Morgan fingerprint density at radius 3 is 2.61 bits per heavy atom. The minimum atomic E-state index is -4.60. The minimum Gasteiger partial charge on any atom is -0.378 e. The van der Waals surface area contributed by atoms with Crippen molar-refractivity contribution in [1.82, 2.24) is 14.9 Å². The van der Waals surface area contributed by atoms with Crippen LogP contribution < -0.4 is 5.56 Å². The minimum absolute atomic E-state index is 0.0784. The number of benzene rings is 2. The van der Waals surface area contributed by atoms with Gasteiger partial charge in [0.25, 0.3) is 11.5 Å². The molecule has 0 radical (unpaired) electrons. The van der Waals surface area contributed by atoms with Crippen LogP contribution in [0.2, 0.25) is 0 Å². The molecule has 2 heterocycles. The number of alkyl halides is 3. The van der Waals surface area contributed by atoms with Gasteiger partial charge in [0.1, 0.15) is 5.82 Å². The van der Waals surface area contributed by atoms with Gasteiger partial charge in [0.15, 0.2) is 6.10 Å². The lowest BCUT2D eigenvalue weighted by Crippen LogP contribution is -2.36. The fourth-order valence-corrected chi connectivity index (χ4v) is 5.11. The number of aliphatic hydroxyl groups is 1. The number of aryl methyl sites for hydroxylation is 1. The fraction of sp³-hybridized carbons (Fsp3) is 0.345. The third-order valence-corrected chi connectivity index (χ3v) is 7.48. The monoisotopic (exact) mass is 523 g/mol. The van der Waals surface area contributed by atoms with E-state index in [1.165, 1.54) is 11.0 Å². The van der Waals surface area contributed by atoms with Crippen LogP contribution in [-0.4, -0.2) is 32.4 Å². The maximum Gasteiger partial charge on any atom is 0.416 e. The molecule has 1 atom stereocenters. The summed E-state index contributed by atoms with van der Waals surface area (Å²) in [5, 5.41) is 10.6. The molecule has 2 aromatic carbocycles. The molecule has 0 unspecified atom stereocenters. The highest BCUT2D eigenvalue weighted by Crippen LogP contribution is 2.52. The van der Waals surface area contributed by atoms with Crippen LogP contribution in [0.5, 0.6) is 0 Å². The molecule has 5 rings (SSSR count). The quantitative estimate of drug-likeness (QED) is 0.498. The van der Waals surface area contributed by atoms with Crippen molar-refractivity contribution in [2.24, 2.45) is 0 Å². The Hall–Kier alpha value is -3.72. The first kappa shape index (κ1) is 25.9. The highest BCUT2D eigenvalue weighted by molar-refractivity contribution is 5.82. The summed E-state index contributed by atoms with van der Waals surface area (Å²) < 4.78 is 39.3.